The summed E-state index contributed by atoms with van der Waals surface area (Å²) in [6.45, 7) is 5.91. The van der Waals surface area contributed by atoms with Crippen LogP contribution < -0.4 is 10.1 Å². The highest BCUT2D eigenvalue weighted by Gasteiger charge is 2.06. The topological polar surface area (TPSA) is 41.5 Å². The third-order valence-corrected chi connectivity index (χ3v) is 2.83. The molecule has 2 N–H and O–H groups in total. The molecular weight excluding hydrogens is 233 g/mol. The van der Waals surface area contributed by atoms with Gasteiger partial charge in [-0.15, -0.1) is 0 Å². The van der Waals surface area contributed by atoms with Crippen molar-refractivity contribution in [2.75, 3.05) is 19.7 Å². The average molecular weight is 255 g/mol. The van der Waals surface area contributed by atoms with Crippen LogP contribution in [-0.2, 0) is 0 Å². The fourth-order valence-electron chi connectivity index (χ4n) is 1.42. The summed E-state index contributed by atoms with van der Waals surface area (Å²) in [5, 5.41) is 12.9. The number of aliphatic hydroxyl groups is 1. The molecule has 0 heterocycles. The molecule has 1 rings (SSSR count). The Hall–Kier alpha value is -1.13. The Morgan fingerprint density at radius 3 is 2.56 bits per heavy atom. The van der Waals surface area contributed by atoms with E-state index in [2.05, 4.69) is 19.2 Å². The smallest absolute Gasteiger partial charge is 0.123 e. The zero-order valence-corrected chi connectivity index (χ0v) is 11.0. The van der Waals surface area contributed by atoms with Gasteiger partial charge in [-0.2, -0.15) is 0 Å². The lowest BCUT2D eigenvalue weighted by Gasteiger charge is -2.15. The minimum Gasteiger partial charge on any atom is -0.491 e. The molecule has 0 aliphatic heterocycles. The molecule has 102 valence electrons. The van der Waals surface area contributed by atoms with Gasteiger partial charge in [0.05, 0.1) is 0 Å². The number of halogens is 1. The Balaban J connectivity index is 2.16. The Morgan fingerprint density at radius 2 is 1.94 bits per heavy atom. The van der Waals surface area contributed by atoms with Crippen LogP contribution in [0.2, 0.25) is 0 Å². The monoisotopic (exact) mass is 255 g/mol. The van der Waals surface area contributed by atoms with E-state index in [1.54, 1.807) is 12.1 Å². The van der Waals surface area contributed by atoms with Crippen molar-refractivity contribution >= 4 is 0 Å². The highest BCUT2D eigenvalue weighted by Crippen LogP contribution is 2.11. The van der Waals surface area contributed by atoms with Crippen LogP contribution in [0.1, 0.15) is 20.3 Å². The van der Waals surface area contributed by atoms with Gasteiger partial charge in [0.25, 0.3) is 0 Å². The van der Waals surface area contributed by atoms with E-state index in [1.807, 2.05) is 0 Å². The molecule has 0 spiro atoms. The molecule has 0 radical (unpaired) electrons. The van der Waals surface area contributed by atoms with E-state index in [-0.39, 0.29) is 12.4 Å². The molecule has 2 unspecified atom stereocenters. The van der Waals surface area contributed by atoms with Gasteiger partial charge >= 0.3 is 0 Å². The minimum absolute atomic E-state index is 0.207. The standard InChI is InChI=1S/C14H22FNO2/c1-3-11(2)8-16-9-13(17)10-18-14-6-4-12(15)5-7-14/h4-7,11,13,16-17H,3,8-10H2,1-2H3. The molecule has 0 aromatic heterocycles. The van der Waals surface area contributed by atoms with Crippen molar-refractivity contribution in [3.8, 4) is 5.75 Å². The molecule has 0 aliphatic carbocycles. The number of rotatable bonds is 8. The highest BCUT2D eigenvalue weighted by atomic mass is 19.1. The van der Waals surface area contributed by atoms with Crippen LogP contribution in [0.5, 0.6) is 5.75 Å². The van der Waals surface area contributed by atoms with E-state index >= 15 is 0 Å². The summed E-state index contributed by atoms with van der Waals surface area (Å²) in [6, 6.07) is 5.77. The molecule has 0 bridgehead atoms. The molecular formula is C14H22FNO2. The summed E-state index contributed by atoms with van der Waals surface area (Å²) >= 11 is 0. The lowest BCUT2D eigenvalue weighted by atomic mass is 10.1. The Kier molecular flexibility index (Phi) is 6.68. The maximum atomic E-state index is 12.6. The first kappa shape index (κ1) is 14.9. The second-order valence-corrected chi connectivity index (χ2v) is 4.59. The number of nitrogens with one attached hydrogen (secondary N) is 1. The van der Waals surface area contributed by atoms with Crippen LogP contribution in [0, 0.1) is 11.7 Å². The maximum Gasteiger partial charge on any atom is 0.123 e. The van der Waals surface area contributed by atoms with E-state index in [0.29, 0.717) is 18.2 Å². The molecule has 0 saturated carbocycles. The van der Waals surface area contributed by atoms with Crippen LogP contribution >= 0.6 is 0 Å². The van der Waals surface area contributed by atoms with Gasteiger partial charge in [0.2, 0.25) is 0 Å². The van der Waals surface area contributed by atoms with Crippen LogP contribution in [0.4, 0.5) is 4.39 Å². The van der Waals surface area contributed by atoms with Crippen LogP contribution in [-0.4, -0.2) is 30.9 Å². The van der Waals surface area contributed by atoms with Crippen molar-refractivity contribution in [2.24, 2.45) is 5.92 Å². The van der Waals surface area contributed by atoms with Crippen molar-refractivity contribution in [1.29, 1.82) is 0 Å². The second kappa shape index (κ2) is 8.06. The summed E-state index contributed by atoms with van der Waals surface area (Å²) in [7, 11) is 0. The molecule has 18 heavy (non-hydrogen) atoms. The molecule has 0 fully saturated rings. The van der Waals surface area contributed by atoms with Crippen molar-refractivity contribution in [3.05, 3.63) is 30.1 Å². The summed E-state index contributed by atoms with van der Waals surface area (Å²) in [5.41, 5.74) is 0. The zero-order valence-electron chi connectivity index (χ0n) is 11.0. The third kappa shape index (κ3) is 5.98. The lowest BCUT2D eigenvalue weighted by molar-refractivity contribution is 0.105. The number of aliphatic hydroxyl groups excluding tert-OH is 1. The summed E-state index contributed by atoms with van der Waals surface area (Å²) in [4.78, 5) is 0. The predicted octanol–water partition coefficient (Wildman–Crippen LogP) is 2.20. The maximum absolute atomic E-state index is 12.6. The first-order valence-corrected chi connectivity index (χ1v) is 6.39. The van der Waals surface area contributed by atoms with Crippen LogP contribution in [0.15, 0.2) is 24.3 Å². The lowest BCUT2D eigenvalue weighted by Crippen LogP contribution is -2.33. The number of hydrogen-bond donors (Lipinski definition) is 2. The van der Waals surface area contributed by atoms with E-state index in [4.69, 9.17) is 4.74 Å². The summed E-state index contributed by atoms with van der Waals surface area (Å²) < 4.78 is 18.0. The molecule has 0 saturated heterocycles. The molecule has 2 atom stereocenters. The third-order valence-electron chi connectivity index (χ3n) is 2.83. The first-order chi connectivity index (χ1) is 8.61. The normalized spacial score (nSPS) is 14.2. The fraction of sp³-hybridized carbons (Fsp3) is 0.571. The van der Waals surface area contributed by atoms with Crippen molar-refractivity contribution < 1.29 is 14.2 Å². The summed E-state index contributed by atoms with van der Waals surface area (Å²) in [6.07, 6.45) is 0.564. The van der Waals surface area contributed by atoms with Crippen LogP contribution in [0.25, 0.3) is 0 Å². The van der Waals surface area contributed by atoms with Gasteiger partial charge in [-0.1, -0.05) is 20.3 Å². The molecule has 4 heteroatoms. The highest BCUT2D eigenvalue weighted by molar-refractivity contribution is 5.22. The molecule has 3 nitrogen and oxygen atoms in total. The van der Waals surface area contributed by atoms with E-state index in [0.717, 1.165) is 13.0 Å². The van der Waals surface area contributed by atoms with E-state index in [1.165, 1.54) is 12.1 Å². The zero-order chi connectivity index (χ0) is 13.4. The average Bonchev–Trinajstić information content (AvgIpc) is 2.38. The number of ether oxygens (including phenoxy) is 1. The number of hydrogen-bond acceptors (Lipinski definition) is 3. The molecule has 1 aromatic rings. The Labute approximate surface area is 108 Å². The minimum atomic E-state index is -0.556. The van der Waals surface area contributed by atoms with Crippen molar-refractivity contribution in [3.63, 3.8) is 0 Å². The molecule has 1 aromatic carbocycles. The summed E-state index contributed by atoms with van der Waals surface area (Å²) in [5.74, 6) is 0.880. The largest absolute Gasteiger partial charge is 0.491 e. The predicted molar refractivity (Wildman–Crippen MR) is 70.2 cm³/mol. The van der Waals surface area contributed by atoms with Gasteiger partial charge < -0.3 is 15.2 Å². The van der Waals surface area contributed by atoms with Crippen molar-refractivity contribution in [2.45, 2.75) is 26.4 Å². The Morgan fingerprint density at radius 1 is 1.28 bits per heavy atom. The van der Waals surface area contributed by atoms with Gasteiger partial charge in [-0.3, -0.25) is 0 Å². The van der Waals surface area contributed by atoms with Gasteiger partial charge in [-0.05, 0) is 36.7 Å². The van der Waals surface area contributed by atoms with Crippen LogP contribution in [0.3, 0.4) is 0 Å². The van der Waals surface area contributed by atoms with Gasteiger partial charge in [-0.25, -0.2) is 4.39 Å². The SMILES string of the molecule is CCC(C)CNCC(O)COc1ccc(F)cc1. The molecule has 0 amide bonds. The van der Waals surface area contributed by atoms with Gasteiger partial charge in [0, 0.05) is 6.54 Å². The molecule has 0 aliphatic rings. The van der Waals surface area contributed by atoms with E-state index in [9.17, 15) is 9.50 Å². The first-order valence-electron chi connectivity index (χ1n) is 6.39. The number of benzene rings is 1. The quantitative estimate of drug-likeness (QED) is 0.748. The second-order valence-electron chi connectivity index (χ2n) is 4.59. The van der Waals surface area contributed by atoms with Crippen molar-refractivity contribution in [1.82, 2.24) is 5.32 Å². The van der Waals surface area contributed by atoms with Gasteiger partial charge in [0.1, 0.15) is 24.3 Å². The van der Waals surface area contributed by atoms with E-state index < -0.39 is 6.10 Å². The Bertz CT molecular complexity index is 329. The fourth-order valence-corrected chi connectivity index (χ4v) is 1.42. The van der Waals surface area contributed by atoms with Gasteiger partial charge in [0.15, 0.2) is 0 Å².